The van der Waals surface area contributed by atoms with E-state index >= 15 is 0 Å². The zero-order chi connectivity index (χ0) is 12.1. The van der Waals surface area contributed by atoms with Gasteiger partial charge in [0, 0.05) is 5.92 Å². The monoisotopic (exact) mass is 222 g/mol. The minimum Gasteiger partial charge on any atom is -0.376 e. The molecule has 1 nitrogen and oxygen atoms in total. The van der Waals surface area contributed by atoms with Crippen LogP contribution >= 0.6 is 0 Å². The Bertz CT molecular complexity index is 322. The van der Waals surface area contributed by atoms with Gasteiger partial charge in [0.05, 0.1) is 13.2 Å². The first kappa shape index (κ1) is 12.2. The van der Waals surface area contributed by atoms with E-state index in [4.69, 9.17) is 4.74 Å². The number of hydrogen-bond donors (Lipinski definition) is 0. The standard InChI is InChI=1S/C15H26O/c1-10-8-16-9-13-12(10)7-11(2)14(3,4)15(13,5)6/h10-11H,7-9H2,1-6H3. The molecular weight excluding hydrogens is 196 g/mol. The van der Waals surface area contributed by atoms with E-state index in [1.54, 1.807) is 11.1 Å². The molecule has 2 rings (SSSR count). The molecule has 0 radical (unpaired) electrons. The topological polar surface area (TPSA) is 9.23 Å². The molecule has 0 spiro atoms. The molecular formula is C15H26O. The molecule has 2 aliphatic rings. The first-order chi connectivity index (χ1) is 7.28. The second kappa shape index (κ2) is 3.60. The molecule has 2 atom stereocenters. The molecule has 0 aromatic rings. The van der Waals surface area contributed by atoms with Gasteiger partial charge in [0.25, 0.3) is 0 Å². The first-order valence-electron chi connectivity index (χ1n) is 6.58. The lowest BCUT2D eigenvalue weighted by molar-refractivity contribution is 0.0150. The zero-order valence-corrected chi connectivity index (χ0v) is 11.7. The molecule has 0 N–H and O–H groups in total. The highest BCUT2D eigenvalue weighted by Crippen LogP contribution is 2.57. The van der Waals surface area contributed by atoms with Crippen LogP contribution in [0.2, 0.25) is 0 Å². The third-order valence-corrected chi connectivity index (χ3v) is 5.72. The second-order valence-corrected chi connectivity index (χ2v) is 6.87. The van der Waals surface area contributed by atoms with Crippen LogP contribution in [0, 0.1) is 22.7 Å². The summed E-state index contributed by atoms with van der Waals surface area (Å²) in [6, 6.07) is 0. The minimum atomic E-state index is 0.272. The maximum Gasteiger partial charge on any atom is 0.0685 e. The summed E-state index contributed by atoms with van der Waals surface area (Å²) in [6.45, 7) is 16.1. The van der Waals surface area contributed by atoms with Crippen LogP contribution < -0.4 is 0 Å². The Balaban J connectivity index is 2.50. The van der Waals surface area contributed by atoms with Gasteiger partial charge in [0.2, 0.25) is 0 Å². The molecule has 1 heterocycles. The maximum atomic E-state index is 5.76. The molecule has 16 heavy (non-hydrogen) atoms. The number of ether oxygens (including phenoxy) is 1. The fourth-order valence-corrected chi connectivity index (χ4v) is 3.32. The smallest absolute Gasteiger partial charge is 0.0685 e. The van der Waals surface area contributed by atoms with Gasteiger partial charge in [-0.05, 0) is 28.7 Å². The van der Waals surface area contributed by atoms with Crippen molar-refractivity contribution in [1.82, 2.24) is 0 Å². The summed E-state index contributed by atoms with van der Waals surface area (Å²) < 4.78 is 5.76. The third kappa shape index (κ3) is 1.48. The van der Waals surface area contributed by atoms with Crippen molar-refractivity contribution in [3.05, 3.63) is 11.1 Å². The SMILES string of the molecule is CC1COCC2=C1CC(C)C(C)(C)C2(C)C. The summed E-state index contributed by atoms with van der Waals surface area (Å²) in [5, 5.41) is 0. The summed E-state index contributed by atoms with van der Waals surface area (Å²) in [5.41, 5.74) is 3.93. The number of hydrogen-bond acceptors (Lipinski definition) is 1. The lowest BCUT2D eigenvalue weighted by atomic mass is 9.52. The van der Waals surface area contributed by atoms with Crippen molar-refractivity contribution in [3.63, 3.8) is 0 Å². The molecule has 2 unspecified atom stereocenters. The van der Waals surface area contributed by atoms with E-state index in [2.05, 4.69) is 41.5 Å². The predicted octanol–water partition coefficient (Wildman–Crippen LogP) is 4.04. The van der Waals surface area contributed by atoms with Gasteiger partial charge in [0.1, 0.15) is 0 Å². The molecule has 1 heteroatoms. The molecule has 1 aliphatic heterocycles. The molecule has 0 fully saturated rings. The highest BCUT2D eigenvalue weighted by Gasteiger charge is 2.49. The summed E-state index contributed by atoms with van der Waals surface area (Å²) in [7, 11) is 0. The molecule has 0 saturated carbocycles. The van der Waals surface area contributed by atoms with Crippen molar-refractivity contribution >= 4 is 0 Å². The predicted molar refractivity (Wildman–Crippen MR) is 68.4 cm³/mol. The Kier molecular flexibility index (Phi) is 2.73. The zero-order valence-electron chi connectivity index (χ0n) is 11.7. The average molecular weight is 222 g/mol. The van der Waals surface area contributed by atoms with Gasteiger partial charge >= 0.3 is 0 Å². The summed E-state index contributed by atoms with van der Waals surface area (Å²) in [4.78, 5) is 0. The van der Waals surface area contributed by atoms with Crippen LogP contribution in [0.25, 0.3) is 0 Å². The second-order valence-electron chi connectivity index (χ2n) is 6.87. The van der Waals surface area contributed by atoms with Crippen LogP contribution in [-0.4, -0.2) is 13.2 Å². The van der Waals surface area contributed by atoms with Gasteiger partial charge < -0.3 is 4.74 Å². The van der Waals surface area contributed by atoms with Crippen molar-refractivity contribution in [3.8, 4) is 0 Å². The molecule has 0 saturated heterocycles. The van der Waals surface area contributed by atoms with Crippen LogP contribution in [0.5, 0.6) is 0 Å². The molecule has 92 valence electrons. The minimum absolute atomic E-state index is 0.272. The molecule has 1 aliphatic carbocycles. The van der Waals surface area contributed by atoms with Crippen molar-refractivity contribution in [2.24, 2.45) is 22.7 Å². The molecule has 0 aromatic heterocycles. The summed E-state index contributed by atoms with van der Waals surface area (Å²) >= 11 is 0. The van der Waals surface area contributed by atoms with E-state index in [0.29, 0.717) is 11.3 Å². The Hall–Kier alpha value is -0.300. The Morgan fingerprint density at radius 3 is 2.38 bits per heavy atom. The molecule has 0 amide bonds. The van der Waals surface area contributed by atoms with Crippen LogP contribution in [0.4, 0.5) is 0 Å². The van der Waals surface area contributed by atoms with E-state index in [1.165, 1.54) is 6.42 Å². The molecule has 0 bridgehead atoms. The Labute approximate surface area is 100 Å². The van der Waals surface area contributed by atoms with E-state index in [9.17, 15) is 0 Å². The van der Waals surface area contributed by atoms with Gasteiger partial charge in [-0.15, -0.1) is 0 Å². The normalized spacial score (nSPS) is 37.1. The third-order valence-electron chi connectivity index (χ3n) is 5.72. The fraction of sp³-hybridized carbons (Fsp3) is 0.867. The Morgan fingerprint density at radius 2 is 1.75 bits per heavy atom. The largest absolute Gasteiger partial charge is 0.376 e. The number of rotatable bonds is 0. The van der Waals surface area contributed by atoms with Crippen LogP contribution in [0.15, 0.2) is 11.1 Å². The highest BCUT2D eigenvalue weighted by molar-refractivity contribution is 5.31. The van der Waals surface area contributed by atoms with E-state index in [-0.39, 0.29) is 5.41 Å². The molecule has 0 aromatic carbocycles. The highest BCUT2D eigenvalue weighted by atomic mass is 16.5. The van der Waals surface area contributed by atoms with Gasteiger partial charge in [-0.1, -0.05) is 47.1 Å². The Morgan fingerprint density at radius 1 is 1.12 bits per heavy atom. The van der Waals surface area contributed by atoms with Crippen LogP contribution in [0.3, 0.4) is 0 Å². The van der Waals surface area contributed by atoms with Crippen LogP contribution in [-0.2, 0) is 4.74 Å². The van der Waals surface area contributed by atoms with E-state index in [0.717, 1.165) is 19.1 Å². The van der Waals surface area contributed by atoms with Crippen molar-refractivity contribution in [1.29, 1.82) is 0 Å². The lowest BCUT2D eigenvalue weighted by Crippen LogP contribution is -2.46. The van der Waals surface area contributed by atoms with Crippen molar-refractivity contribution < 1.29 is 4.74 Å². The van der Waals surface area contributed by atoms with Gasteiger partial charge in [0.15, 0.2) is 0 Å². The maximum absolute atomic E-state index is 5.76. The van der Waals surface area contributed by atoms with Gasteiger partial charge in [-0.2, -0.15) is 0 Å². The summed E-state index contributed by atoms with van der Waals surface area (Å²) in [6.07, 6.45) is 1.27. The van der Waals surface area contributed by atoms with Crippen molar-refractivity contribution in [2.75, 3.05) is 13.2 Å². The quantitative estimate of drug-likeness (QED) is 0.562. The van der Waals surface area contributed by atoms with E-state index < -0.39 is 0 Å². The average Bonchev–Trinajstić information content (AvgIpc) is 2.18. The van der Waals surface area contributed by atoms with E-state index in [1.807, 2.05) is 0 Å². The fourth-order valence-electron chi connectivity index (χ4n) is 3.32. The van der Waals surface area contributed by atoms with Crippen LogP contribution in [0.1, 0.15) is 48.0 Å². The lowest BCUT2D eigenvalue weighted by Gasteiger charge is -2.54. The van der Waals surface area contributed by atoms with Gasteiger partial charge in [-0.3, -0.25) is 0 Å². The first-order valence-corrected chi connectivity index (χ1v) is 6.58. The van der Waals surface area contributed by atoms with Gasteiger partial charge in [-0.25, -0.2) is 0 Å². The summed E-state index contributed by atoms with van der Waals surface area (Å²) in [5.74, 6) is 1.39. The van der Waals surface area contributed by atoms with Crippen molar-refractivity contribution in [2.45, 2.75) is 48.0 Å².